The summed E-state index contributed by atoms with van der Waals surface area (Å²) in [7, 11) is 3.00. The van der Waals surface area contributed by atoms with Gasteiger partial charge < -0.3 is 24.8 Å². The van der Waals surface area contributed by atoms with Crippen molar-refractivity contribution in [3.8, 4) is 17.2 Å². The van der Waals surface area contributed by atoms with Gasteiger partial charge in [0.25, 0.3) is 5.91 Å². The standard InChI is InChI=1S/C26H25N3O5S2/c1-4-34-17-11-12-19-22(14-17)36-26(28-19)29-23(30)15-35-18-8-5-7-16(13-18)27-25(31)24-20(32-2)9-6-10-21(24)33-3/h5-14H,4,15H2,1-3H3,(H,27,31)(H,28,29,30). The van der Waals surface area contributed by atoms with Crippen LogP contribution in [0.2, 0.25) is 0 Å². The third-order valence-corrected chi connectivity index (χ3v) is 6.96. The van der Waals surface area contributed by atoms with Gasteiger partial charge in [-0.25, -0.2) is 4.98 Å². The summed E-state index contributed by atoms with van der Waals surface area (Å²) in [4.78, 5) is 30.8. The molecule has 0 unspecified atom stereocenters. The Kier molecular flexibility index (Phi) is 8.29. The second-order valence-corrected chi connectivity index (χ2v) is 9.52. The monoisotopic (exact) mass is 523 g/mol. The first-order chi connectivity index (χ1) is 17.5. The highest BCUT2D eigenvalue weighted by Crippen LogP contribution is 2.31. The number of thiazole rings is 1. The van der Waals surface area contributed by atoms with Crippen LogP contribution in [0.5, 0.6) is 17.2 Å². The van der Waals surface area contributed by atoms with Crippen molar-refractivity contribution >= 4 is 55.9 Å². The zero-order chi connectivity index (χ0) is 25.5. The van der Waals surface area contributed by atoms with Gasteiger partial charge in [-0.15, -0.1) is 11.8 Å². The number of carbonyl (C=O) groups excluding carboxylic acids is 2. The molecule has 0 radical (unpaired) electrons. The van der Waals surface area contributed by atoms with E-state index < -0.39 is 0 Å². The highest BCUT2D eigenvalue weighted by atomic mass is 32.2. The lowest BCUT2D eigenvalue weighted by Crippen LogP contribution is -2.15. The topological polar surface area (TPSA) is 98.8 Å². The first-order valence-electron chi connectivity index (χ1n) is 11.1. The SMILES string of the molecule is CCOc1ccc2nc(NC(=O)CSc3cccc(NC(=O)c4c(OC)cccc4OC)c3)sc2c1. The van der Waals surface area contributed by atoms with Crippen LogP contribution in [-0.4, -0.2) is 43.4 Å². The van der Waals surface area contributed by atoms with Gasteiger partial charge in [0.15, 0.2) is 5.13 Å². The number of thioether (sulfide) groups is 1. The van der Waals surface area contributed by atoms with Crippen molar-refractivity contribution < 1.29 is 23.8 Å². The third-order valence-electron chi connectivity index (χ3n) is 5.03. The maximum atomic E-state index is 12.9. The lowest BCUT2D eigenvalue weighted by molar-refractivity contribution is -0.113. The Balaban J connectivity index is 1.37. The molecule has 0 atom stereocenters. The lowest BCUT2D eigenvalue weighted by atomic mass is 10.1. The Hall–Kier alpha value is -3.76. The predicted octanol–water partition coefficient (Wildman–Crippen LogP) is 5.70. The van der Waals surface area contributed by atoms with Crippen LogP contribution in [0.3, 0.4) is 0 Å². The number of rotatable bonds is 10. The van der Waals surface area contributed by atoms with Crippen LogP contribution in [0.4, 0.5) is 10.8 Å². The zero-order valence-electron chi connectivity index (χ0n) is 20.0. The molecule has 0 aliphatic rings. The molecule has 10 heteroatoms. The summed E-state index contributed by atoms with van der Waals surface area (Å²) in [6.07, 6.45) is 0. The molecule has 4 rings (SSSR count). The van der Waals surface area contributed by atoms with Crippen molar-refractivity contribution in [2.24, 2.45) is 0 Å². The van der Waals surface area contributed by atoms with E-state index in [1.54, 1.807) is 24.3 Å². The molecule has 0 fully saturated rings. The number of fused-ring (bicyclic) bond motifs is 1. The summed E-state index contributed by atoms with van der Waals surface area (Å²) < 4.78 is 17.1. The van der Waals surface area contributed by atoms with E-state index in [1.165, 1.54) is 37.3 Å². The number of nitrogens with zero attached hydrogens (tertiary/aromatic N) is 1. The maximum absolute atomic E-state index is 12.9. The number of aromatic nitrogens is 1. The summed E-state index contributed by atoms with van der Waals surface area (Å²) in [5, 5.41) is 6.27. The molecule has 8 nitrogen and oxygen atoms in total. The van der Waals surface area contributed by atoms with Gasteiger partial charge in [-0.2, -0.15) is 0 Å². The number of hydrogen-bond donors (Lipinski definition) is 2. The van der Waals surface area contributed by atoms with Gasteiger partial charge in [-0.3, -0.25) is 9.59 Å². The van der Waals surface area contributed by atoms with Crippen LogP contribution < -0.4 is 24.8 Å². The first kappa shape index (κ1) is 25.3. The van der Waals surface area contributed by atoms with Crippen LogP contribution in [-0.2, 0) is 4.79 Å². The smallest absolute Gasteiger partial charge is 0.263 e. The van der Waals surface area contributed by atoms with E-state index in [2.05, 4.69) is 15.6 Å². The van der Waals surface area contributed by atoms with Gasteiger partial charge in [0.05, 0.1) is 36.8 Å². The quantitative estimate of drug-likeness (QED) is 0.258. The highest BCUT2D eigenvalue weighted by molar-refractivity contribution is 8.00. The molecular formula is C26H25N3O5S2. The van der Waals surface area contributed by atoms with Crippen molar-refractivity contribution in [1.29, 1.82) is 0 Å². The molecule has 1 aromatic heterocycles. The Bertz CT molecular complexity index is 1370. The van der Waals surface area contributed by atoms with Crippen molar-refractivity contribution in [3.63, 3.8) is 0 Å². The number of nitrogens with one attached hydrogen (secondary N) is 2. The molecule has 0 spiro atoms. The van der Waals surface area contributed by atoms with E-state index in [9.17, 15) is 9.59 Å². The van der Waals surface area contributed by atoms with E-state index in [0.717, 1.165) is 20.9 Å². The second kappa shape index (κ2) is 11.8. The largest absolute Gasteiger partial charge is 0.496 e. The lowest BCUT2D eigenvalue weighted by Gasteiger charge is -2.13. The van der Waals surface area contributed by atoms with Crippen molar-refractivity contribution in [3.05, 3.63) is 66.2 Å². The molecule has 1 heterocycles. The average molecular weight is 524 g/mol. The summed E-state index contributed by atoms with van der Waals surface area (Å²) in [6.45, 7) is 2.52. The number of carbonyl (C=O) groups is 2. The summed E-state index contributed by atoms with van der Waals surface area (Å²) in [5.74, 6) is 1.27. The molecule has 2 N–H and O–H groups in total. The van der Waals surface area contributed by atoms with Crippen molar-refractivity contribution in [2.75, 3.05) is 37.2 Å². The first-order valence-corrected chi connectivity index (χ1v) is 12.9. The van der Waals surface area contributed by atoms with E-state index in [-0.39, 0.29) is 17.6 Å². The molecule has 36 heavy (non-hydrogen) atoms. The molecule has 4 aromatic rings. The average Bonchev–Trinajstić information content (AvgIpc) is 3.28. The van der Waals surface area contributed by atoms with Gasteiger partial charge in [-0.1, -0.05) is 23.5 Å². The second-order valence-electron chi connectivity index (χ2n) is 7.44. The van der Waals surface area contributed by atoms with Gasteiger partial charge in [-0.05, 0) is 55.5 Å². The van der Waals surface area contributed by atoms with E-state index >= 15 is 0 Å². The van der Waals surface area contributed by atoms with Crippen LogP contribution in [0.15, 0.2) is 65.6 Å². The normalized spacial score (nSPS) is 10.6. The molecule has 0 bridgehead atoms. The fraction of sp³-hybridized carbons (Fsp3) is 0.192. The minimum atomic E-state index is -0.354. The summed E-state index contributed by atoms with van der Waals surface area (Å²) >= 11 is 2.76. The summed E-state index contributed by atoms with van der Waals surface area (Å²) in [6, 6.07) is 18.1. The van der Waals surface area contributed by atoms with Gasteiger partial charge in [0.2, 0.25) is 5.91 Å². The molecule has 186 valence electrons. The molecule has 0 saturated heterocycles. The third kappa shape index (κ3) is 6.07. The number of ether oxygens (including phenoxy) is 3. The molecule has 3 aromatic carbocycles. The van der Waals surface area contributed by atoms with Gasteiger partial charge in [0, 0.05) is 10.6 Å². The molecule has 0 aliphatic heterocycles. The Morgan fingerprint density at radius 1 is 0.972 bits per heavy atom. The number of methoxy groups -OCH3 is 2. The number of hydrogen-bond acceptors (Lipinski definition) is 8. The van der Waals surface area contributed by atoms with Gasteiger partial charge >= 0.3 is 0 Å². The minimum absolute atomic E-state index is 0.169. The number of anilines is 2. The number of amides is 2. The zero-order valence-corrected chi connectivity index (χ0v) is 21.6. The van der Waals surface area contributed by atoms with Crippen LogP contribution in [0.1, 0.15) is 17.3 Å². The molecule has 0 aliphatic carbocycles. The number of benzene rings is 3. The molecule has 0 saturated carbocycles. The summed E-state index contributed by atoms with van der Waals surface area (Å²) in [5.41, 5.74) is 1.71. The van der Waals surface area contributed by atoms with Gasteiger partial charge in [0.1, 0.15) is 22.8 Å². The van der Waals surface area contributed by atoms with E-state index in [1.807, 2.05) is 43.3 Å². The highest BCUT2D eigenvalue weighted by Gasteiger charge is 2.18. The van der Waals surface area contributed by atoms with E-state index in [0.29, 0.717) is 34.5 Å². The fourth-order valence-electron chi connectivity index (χ4n) is 3.45. The minimum Gasteiger partial charge on any atom is -0.496 e. The predicted molar refractivity (Wildman–Crippen MR) is 144 cm³/mol. The van der Waals surface area contributed by atoms with Crippen molar-refractivity contribution in [2.45, 2.75) is 11.8 Å². The fourth-order valence-corrected chi connectivity index (χ4v) is 5.12. The van der Waals surface area contributed by atoms with Crippen molar-refractivity contribution in [1.82, 2.24) is 4.98 Å². The molecule has 2 amide bonds. The molecular weight excluding hydrogens is 498 g/mol. The van der Waals surface area contributed by atoms with Crippen LogP contribution >= 0.6 is 23.1 Å². The Morgan fingerprint density at radius 2 is 1.72 bits per heavy atom. The Morgan fingerprint density at radius 3 is 2.44 bits per heavy atom. The maximum Gasteiger partial charge on any atom is 0.263 e. The van der Waals surface area contributed by atoms with Crippen LogP contribution in [0.25, 0.3) is 10.2 Å². The van der Waals surface area contributed by atoms with E-state index in [4.69, 9.17) is 14.2 Å². The Labute approximate surface area is 217 Å². The van der Waals surface area contributed by atoms with Crippen LogP contribution in [0, 0.1) is 0 Å².